The molecule has 110 valence electrons. The van der Waals surface area contributed by atoms with E-state index in [-0.39, 0.29) is 16.8 Å². The van der Waals surface area contributed by atoms with E-state index in [0.717, 1.165) is 10.0 Å². The number of carbonyl (C=O) groups is 1. The Morgan fingerprint density at radius 2 is 2.00 bits per heavy atom. The number of nitrogens with zero attached hydrogens (tertiary/aromatic N) is 1. The van der Waals surface area contributed by atoms with Gasteiger partial charge in [-0.05, 0) is 29.8 Å². The molecule has 22 heavy (non-hydrogen) atoms. The van der Waals surface area contributed by atoms with Gasteiger partial charge in [0.05, 0.1) is 11.3 Å². The number of nitrogens with one attached hydrogen (secondary N) is 2. The van der Waals surface area contributed by atoms with Gasteiger partial charge in [-0.15, -0.1) is 0 Å². The second-order valence-corrected chi connectivity index (χ2v) is 5.23. The third-order valence-corrected chi connectivity index (χ3v) is 3.41. The molecule has 0 unspecified atom stereocenters. The zero-order valence-electron chi connectivity index (χ0n) is 11.3. The summed E-state index contributed by atoms with van der Waals surface area (Å²) in [4.78, 5) is 26.0. The fourth-order valence-corrected chi connectivity index (χ4v) is 2.04. The fourth-order valence-electron chi connectivity index (χ4n) is 1.78. The average molecular weight is 359 g/mol. The van der Waals surface area contributed by atoms with Crippen LogP contribution in [0.4, 0.5) is 0 Å². The maximum Gasteiger partial charge on any atom is 0.267 e. The van der Waals surface area contributed by atoms with Gasteiger partial charge in [-0.3, -0.25) is 15.0 Å². The zero-order chi connectivity index (χ0) is 16.1. The van der Waals surface area contributed by atoms with Crippen molar-refractivity contribution in [2.75, 3.05) is 0 Å². The molecule has 0 atom stereocenters. The summed E-state index contributed by atoms with van der Waals surface area (Å²) in [6.07, 6.45) is 3.31. The van der Waals surface area contributed by atoms with Crippen LogP contribution in [-0.4, -0.2) is 10.9 Å². The van der Waals surface area contributed by atoms with Crippen LogP contribution in [0.25, 0.3) is 12.2 Å². The number of hydrogen-bond acceptors (Lipinski definition) is 4. The average Bonchev–Trinajstić information content (AvgIpc) is 2.53. The van der Waals surface area contributed by atoms with Crippen LogP contribution in [0.15, 0.2) is 39.6 Å². The molecule has 1 aromatic carbocycles. The number of hydrazine groups is 1. The summed E-state index contributed by atoms with van der Waals surface area (Å²) >= 11 is 3.34. The van der Waals surface area contributed by atoms with Crippen LogP contribution in [0.3, 0.4) is 0 Å². The number of benzene rings is 1. The molecule has 0 spiro atoms. The SMILES string of the molecule is N#Cc1cc(C(=O)NN)c(/C=C/c2ccc(Br)cc2)[nH]c1=O. The van der Waals surface area contributed by atoms with Gasteiger partial charge < -0.3 is 4.98 Å². The molecule has 4 N–H and O–H groups in total. The summed E-state index contributed by atoms with van der Waals surface area (Å²) < 4.78 is 0.944. The van der Waals surface area contributed by atoms with Crippen molar-refractivity contribution in [3.05, 3.63) is 67.5 Å². The number of amides is 1. The largest absolute Gasteiger partial charge is 0.321 e. The van der Waals surface area contributed by atoms with E-state index in [4.69, 9.17) is 11.1 Å². The summed E-state index contributed by atoms with van der Waals surface area (Å²) in [5.74, 6) is 4.53. The van der Waals surface area contributed by atoms with Crippen molar-refractivity contribution in [3.8, 4) is 6.07 Å². The molecule has 0 bridgehead atoms. The minimum atomic E-state index is -0.594. The number of halogens is 1. The van der Waals surface area contributed by atoms with Gasteiger partial charge in [0, 0.05) is 4.47 Å². The van der Waals surface area contributed by atoms with Gasteiger partial charge in [-0.1, -0.05) is 34.1 Å². The molecule has 1 heterocycles. The standard InChI is InChI=1S/C15H11BrN4O2/c16-11-4-1-9(2-5-11)3-6-13-12(15(22)20-18)7-10(8-17)14(21)19-13/h1-7H,18H2,(H,19,21)(H,20,22)/b6-3+. The van der Waals surface area contributed by atoms with Crippen molar-refractivity contribution in [2.45, 2.75) is 0 Å². The number of nitrogen functional groups attached to an aromatic ring is 1. The molecule has 7 heteroatoms. The second-order valence-electron chi connectivity index (χ2n) is 4.31. The summed E-state index contributed by atoms with van der Waals surface area (Å²) in [6.45, 7) is 0. The topological polar surface area (TPSA) is 112 Å². The monoisotopic (exact) mass is 358 g/mol. The van der Waals surface area contributed by atoms with Crippen molar-refractivity contribution >= 4 is 34.0 Å². The number of pyridine rings is 1. The summed E-state index contributed by atoms with van der Waals surface area (Å²) in [5, 5.41) is 8.87. The van der Waals surface area contributed by atoms with E-state index in [1.807, 2.05) is 29.7 Å². The Morgan fingerprint density at radius 3 is 2.59 bits per heavy atom. The van der Waals surface area contributed by atoms with Crippen LogP contribution >= 0.6 is 15.9 Å². The van der Waals surface area contributed by atoms with Crippen LogP contribution in [0.5, 0.6) is 0 Å². The molecule has 0 radical (unpaired) electrons. The summed E-state index contributed by atoms with van der Waals surface area (Å²) in [5.41, 5.74) is 2.54. The lowest BCUT2D eigenvalue weighted by Crippen LogP contribution is -2.31. The van der Waals surface area contributed by atoms with Crippen LogP contribution in [0.2, 0.25) is 0 Å². The van der Waals surface area contributed by atoms with E-state index in [9.17, 15) is 9.59 Å². The molecular weight excluding hydrogens is 348 g/mol. The number of rotatable bonds is 3. The van der Waals surface area contributed by atoms with E-state index in [2.05, 4.69) is 20.9 Å². The molecule has 0 saturated carbocycles. The number of hydrogen-bond donors (Lipinski definition) is 3. The smallest absolute Gasteiger partial charge is 0.267 e. The molecule has 1 aromatic heterocycles. The highest BCUT2D eigenvalue weighted by atomic mass is 79.9. The number of H-pyrrole nitrogens is 1. The summed E-state index contributed by atoms with van der Waals surface area (Å²) in [7, 11) is 0. The molecule has 0 saturated heterocycles. The number of aromatic nitrogens is 1. The lowest BCUT2D eigenvalue weighted by atomic mass is 10.1. The summed E-state index contributed by atoms with van der Waals surface area (Å²) in [6, 6.07) is 10.4. The van der Waals surface area contributed by atoms with Gasteiger partial charge in [0.1, 0.15) is 11.6 Å². The van der Waals surface area contributed by atoms with Crippen LogP contribution < -0.4 is 16.8 Å². The maximum absolute atomic E-state index is 11.8. The molecule has 2 aromatic rings. The number of nitriles is 1. The third-order valence-electron chi connectivity index (χ3n) is 2.88. The van der Waals surface area contributed by atoms with E-state index < -0.39 is 11.5 Å². The van der Waals surface area contributed by atoms with E-state index in [1.165, 1.54) is 6.07 Å². The van der Waals surface area contributed by atoms with E-state index >= 15 is 0 Å². The molecule has 1 amide bonds. The molecule has 0 fully saturated rings. The van der Waals surface area contributed by atoms with Gasteiger partial charge in [-0.2, -0.15) is 5.26 Å². The highest BCUT2D eigenvalue weighted by Crippen LogP contribution is 2.14. The maximum atomic E-state index is 11.8. The van der Waals surface area contributed by atoms with Crippen LogP contribution in [-0.2, 0) is 0 Å². The Labute approximate surface area is 134 Å². The van der Waals surface area contributed by atoms with Crippen molar-refractivity contribution in [1.29, 1.82) is 5.26 Å². The third kappa shape index (κ3) is 3.49. The fraction of sp³-hybridized carbons (Fsp3) is 0. The van der Waals surface area contributed by atoms with Crippen molar-refractivity contribution in [2.24, 2.45) is 5.84 Å². The van der Waals surface area contributed by atoms with Gasteiger partial charge in [0.2, 0.25) is 0 Å². The zero-order valence-corrected chi connectivity index (χ0v) is 12.8. The first kappa shape index (κ1) is 15.7. The quantitative estimate of drug-likeness (QED) is 0.441. The van der Waals surface area contributed by atoms with Gasteiger partial charge >= 0.3 is 0 Å². The lowest BCUT2D eigenvalue weighted by Gasteiger charge is -2.05. The van der Waals surface area contributed by atoms with Crippen LogP contribution in [0.1, 0.15) is 27.2 Å². The van der Waals surface area contributed by atoms with Crippen LogP contribution in [0, 0.1) is 11.3 Å². The second kappa shape index (κ2) is 6.85. The molecule has 0 aliphatic carbocycles. The Kier molecular flexibility index (Phi) is 4.88. The van der Waals surface area contributed by atoms with Crippen molar-refractivity contribution < 1.29 is 4.79 Å². The van der Waals surface area contributed by atoms with E-state index in [0.29, 0.717) is 0 Å². The predicted octanol–water partition coefficient (Wildman–Crippen LogP) is 1.78. The number of aromatic amines is 1. The first-order chi connectivity index (χ1) is 10.5. The Bertz CT molecular complexity index is 832. The minimum Gasteiger partial charge on any atom is -0.321 e. The first-order valence-electron chi connectivity index (χ1n) is 6.17. The predicted molar refractivity (Wildman–Crippen MR) is 86.5 cm³/mol. The van der Waals surface area contributed by atoms with Gasteiger partial charge in [-0.25, -0.2) is 5.84 Å². The van der Waals surface area contributed by atoms with Gasteiger partial charge in [0.25, 0.3) is 11.5 Å². The Morgan fingerprint density at radius 1 is 1.32 bits per heavy atom. The normalized spacial score (nSPS) is 10.4. The first-order valence-corrected chi connectivity index (χ1v) is 6.96. The lowest BCUT2D eigenvalue weighted by molar-refractivity contribution is 0.0953. The molecule has 0 aliphatic rings. The van der Waals surface area contributed by atoms with Gasteiger partial charge in [0.15, 0.2) is 0 Å². The highest BCUT2D eigenvalue weighted by molar-refractivity contribution is 9.10. The number of carbonyl (C=O) groups excluding carboxylic acids is 1. The van der Waals surface area contributed by atoms with Crippen molar-refractivity contribution in [1.82, 2.24) is 10.4 Å². The number of nitrogens with two attached hydrogens (primary N) is 1. The Balaban J connectivity index is 2.47. The van der Waals surface area contributed by atoms with E-state index in [1.54, 1.807) is 18.2 Å². The van der Waals surface area contributed by atoms with Crippen molar-refractivity contribution in [3.63, 3.8) is 0 Å². The highest BCUT2D eigenvalue weighted by Gasteiger charge is 2.12. The molecule has 6 nitrogen and oxygen atoms in total. The minimum absolute atomic E-state index is 0.118. The Hall–Kier alpha value is -2.69. The molecule has 0 aliphatic heterocycles. The molecule has 2 rings (SSSR count). The molecular formula is C15H11BrN4O2.